The van der Waals surface area contributed by atoms with Crippen molar-refractivity contribution >= 4 is 100 Å². The molecule has 154 valence electrons. The van der Waals surface area contributed by atoms with E-state index in [-0.39, 0.29) is 23.1 Å². The Morgan fingerprint density at radius 2 is 1.20 bits per heavy atom. The highest BCUT2D eigenvalue weighted by Gasteiger charge is 2.16. The zero-order valence-corrected chi connectivity index (χ0v) is 20.6. The van der Waals surface area contributed by atoms with Gasteiger partial charge in [0, 0.05) is 22.9 Å². The number of halogens is 2. The number of aromatic nitrogens is 2. The van der Waals surface area contributed by atoms with Crippen molar-refractivity contribution in [3.05, 3.63) is 45.4 Å². The van der Waals surface area contributed by atoms with E-state index in [0.29, 0.717) is 18.7 Å². The van der Waals surface area contributed by atoms with Crippen LogP contribution in [0.1, 0.15) is 24.0 Å². The Morgan fingerprint density at radius 3 is 1.60 bits per heavy atom. The Hall–Kier alpha value is -1.16. The van der Waals surface area contributed by atoms with Gasteiger partial charge in [-0.3, -0.25) is 9.59 Å². The van der Waals surface area contributed by atoms with Crippen LogP contribution >= 0.6 is 69.4 Å². The van der Waals surface area contributed by atoms with E-state index in [9.17, 15) is 9.59 Å². The summed E-state index contributed by atoms with van der Waals surface area (Å²) < 4.78 is 3.24. The third kappa shape index (κ3) is 5.00. The topological polar surface area (TPSA) is 59.9 Å². The number of thioether (sulfide) groups is 2. The van der Waals surface area contributed by atoms with Crippen LogP contribution in [0, 0.1) is 13.8 Å². The summed E-state index contributed by atoms with van der Waals surface area (Å²) in [6, 6.07) is 7.41. The van der Waals surface area contributed by atoms with Crippen molar-refractivity contribution in [2.75, 3.05) is 0 Å². The fraction of sp³-hybridized carbons (Fsp3) is 0.200. The Kier molecular flexibility index (Phi) is 6.72. The highest BCUT2D eigenvalue weighted by molar-refractivity contribution is 8.15. The number of hydrogen-bond donors (Lipinski definition) is 0. The molecule has 0 unspecified atom stereocenters. The number of rotatable bonds is 5. The van der Waals surface area contributed by atoms with Gasteiger partial charge in [0.05, 0.1) is 20.4 Å². The first kappa shape index (κ1) is 22.0. The van der Waals surface area contributed by atoms with Crippen molar-refractivity contribution < 1.29 is 9.59 Å². The van der Waals surface area contributed by atoms with Gasteiger partial charge in [-0.2, -0.15) is 0 Å². The highest BCUT2D eigenvalue weighted by atomic mass is 35.5. The Labute approximate surface area is 199 Å². The quantitative estimate of drug-likeness (QED) is 0.257. The highest BCUT2D eigenvalue weighted by Crippen LogP contribution is 2.36. The molecular weight excluding hydrogens is 499 g/mol. The summed E-state index contributed by atoms with van der Waals surface area (Å²) in [5.74, 6) is 0. The fourth-order valence-electron chi connectivity index (χ4n) is 2.86. The number of thiazole rings is 2. The van der Waals surface area contributed by atoms with Crippen molar-refractivity contribution in [3.8, 4) is 0 Å². The molecular formula is C20H14Cl2N2O2S4. The second-order valence-corrected chi connectivity index (χ2v) is 12.1. The van der Waals surface area contributed by atoms with Gasteiger partial charge in [-0.05, 0) is 72.8 Å². The minimum atomic E-state index is -0.0846. The predicted octanol–water partition coefficient (Wildman–Crippen LogP) is 7.55. The molecule has 0 fully saturated rings. The van der Waals surface area contributed by atoms with Crippen LogP contribution in [0.4, 0.5) is 0 Å². The molecule has 2 heterocycles. The minimum Gasteiger partial charge on any atom is -0.287 e. The summed E-state index contributed by atoms with van der Waals surface area (Å²) in [7, 11) is 0. The Bertz CT molecular complexity index is 1200. The number of benzene rings is 2. The maximum atomic E-state index is 12.3. The average molecular weight is 514 g/mol. The Morgan fingerprint density at radius 1 is 0.800 bits per heavy atom. The SMILES string of the molecule is Cc1cc(Cl)cc2sc(SC(=O)CCC(=O)Sc3nc4c(C)cc(Cl)cc4s3)nc12. The largest absolute Gasteiger partial charge is 0.287 e. The summed E-state index contributed by atoms with van der Waals surface area (Å²) in [5, 5.41) is 1.14. The van der Waals surface area contributed by atoms with E-state index in [1.807, 2.05) is 38.1 Å². The fourth-order valence-corrected chi connectivity index (χ4v) is 7.66. The van der Waals surface area contributed by atoms with Gasteiger partial charge in [0.25, 0.3) is 0 Å². The van der Waals surface area contributed by atoms with Crippen LogP contribution < -0.4 is 0 Å². The molecule has 0 amide bonds. The molecule has 2 aromatic carbocycles. The maximum Gasteiger partial charge on any atom is 0.196 e. The van der Waals surface area contributed by atoms with Gasteiger partial charge >= 0.3 is 0 Å². The monoisotopic (exact) mass is 512 g/mol. The van der Waals surface area contributed by atoms with E-state index in [2.05, 4.69) is 9.97 Å². The van der Waals surface area contributed by atoms with Crippen molar-refractivity contribution in [3.63, 3.8) is 0 Å². The van der Waals surface area contributed by atoms with E-state index in [1.165, 1.54) is 22.7 Å². The molecule has 4 aromatic rings. The first-order valence-corrected chi connectivity index (χ1v) is 12.9. The molecule has 30 heavy (non-hydrogen) atoms. The summed E-state index contributed by atoms with van der Waals surface area (Å²) in [6.45, 7) is 3.88. The van der Waals surface area contributed by atoms with Crippen LogP contribution in [-0.2, 0) is 9.59 Å². The number of hydrogen-bond acceptors (Lipinski definition) is 8. The molecule has 0 N–H and O–H groups in total. The molecule has 2 aromatic heterocycles. The van der Waals surface area contributed by atoms with Crippen LogP contribution in [0.5, 0.6) is 0 Å². The molecule has 0 radical (unpaired) electrons. The lowest BCUT2D eigenvalue weighted by Crippen LogP contribution is -1.97. The van der Waals surface area contributed by atoms with E-state index in [4.69, 9.17) is 23.2 Å². The molecule has 0 saturated heterocycles. The summed E-state index contributed by atoms with van der Waals surface area (Å²) >= 11 is 17.2. The lowest BCUT2D eigenvalue weighted by molar-refractivity contribution is -0.115. The number of carbonyl (C=O) groups excluding carboxylic acids is 2. The molecule has 0 aliphatic heterocycles. The standard InChI is InChI=1S/C20H14Cl2N2O2S4/c1-9-5-11(21)7-13-17(9)23-19(27-13)29-15(25)3-4-16(26)30-20-24-18-10(2)6-12(22)8-14(18)28-20/h5-8H,3-4H2,1-2H3. The van der Waals surface area contributed by atoms with E-state index < -0.39 is 0 Å². The van der Waals surface area contributed by atoms with Gasteiger partial charge in [-0.15, -0.1) is 22.7 Å². The molecule has 0 aliphatic rings. The molecule has 0 aliphatic carbocycles. The zero-order chi connectivity index (χ0) is 21.4. The predicted molar refractivity (Wildman–Crippen MR) is 130 cm³/mol. The number of fused-ring (bicyclic) bond motifs is 2. The van der Waals surface area contributed by atoms with E-state index in [0.717, 1.165) is 55.1 Å². The van der Waals surface area contributed by atoms with Crippen LogP contribution in [0.3, 0.4) is 0 Å². The van der Waals surface area contributed by atoms with Crippen molar-refractivity contribution in [2.24, 2.45) is 0 Å². The average Bonchev–Trinajstić information content (AvgIpc) is 3.23. The van der Waals surface area contributed by atoms with Gasteiger partial charge in [0.15, 0.2) is 18.9 Å². The van der Waals surface area contributed by atoms with Gasteiger partial charge in [0.2, 0.25) is 0 Å². The molecule has 4 rings (SSSR count). The summed E-state index contributed by atoms with van der Waals surface area (Å²) in [6.07, 6.45) is 0.309. The molecule has 0 bridgehead atoms. The van der Waals surface area contributed by atoms with Gasteiger partial charge in [0.1, 0.15) is 0 Å². The van der Waals surface area contributed by atoms with Crippen molar-refractivity contribution in [1.82, 2.24) is 9.97 Å². The first-order chi connectivity index (χ1) is 14.3. The Balaban J connectivity index is 1.35. The van der Waals surface area contributed by atoms with Crippen LogP contribution in [0.25, 0.3) is 20.4 Å². The van der Waals surface area contributed by atoms with Crippen molar-refractivity contribution in [2.45, 2.75) is 35.4 Å². The van der Waals surface area contributed by atoms with E-state index in [1.54, 1.807) is 0 Å². The number of aryl methyl sites for hydroxylation is 2. The second kappa shape index (κ2) is 9.14. The molecule has 0 saturated carbocycles. The summed E-state index contributed by atoms with van der Waals surface area (Å²) in [5.41, 5.74) is 3.68. The first-order valence-electron chi connectivity index (χ1n) is 8.83. The van der Waals surface area contributed by atoms with Crippen LogP contribution in [0.2, 0.25) is 10.0 Å². The maximum absolute atomic E-state index is 12.3. The molecule has 0 spiro atoms. The third-order valence-corrected chi connectivity index (χ3v) is 8.62. The lowest BCUT2D eigenvalue weighted by Gasteiger charge is -1.97. The normalized spacial score (nSPS) is 11.5. The van der Waals surface area contributed by atoms with Gasteiger partial charge in [-0.25, -0.2) is 9.97 Å². The van der Waals surface area contributed by atoms with Gasteiger partial charge < -0.3 is 0 Å². The number of nitrogens with zero attached hydrogens (tertiary/aromatic N) is 2. The molecule has 0 atom stereocenters. The van der Waals surface area contributed by atoms with Gasteiger partial charge in [-0.1, -0.05) is 23.2 Å². The second-order valence-electron chi connectivity index (χ2n) is 6.55. The van der Waals surface area contributed by atoms with Crippen LogP contribution in [0.15, 0.2) is 32.9 Å². The van der Waals surface area contributed by atoms with Crippen LogP contribution in [-0.4, -0.2) is 20.2 Å². The third-order valence-electron chi connectivity index (χ3n) is 4.20. The van der Waals surface area contributed by atoms with Crippen molar-refractivity contribution in [1.29, 1.82) is 0 Å². The summed E-state index contributed by atoms with van der Waals surface area (Å²) in [4.78, 5) is 33.7. The molecule has 4 nitrogen and oxygen atoms in total. The van der Waals surface area contributed by atoms with E-state index >= 15 is 0 Å². The molecule has 10 heteroatoms. The smallest absolute Gasteiger partial charge is 0.196 e. The minimum absolute atomic E-state index is 0.0846. The number of carbonyl (C=O) groups is 2. The lowest BCUT2D eigenvalue weighted by atomic mass is 10.2. The zero-order valence-electron chi connectivity index (χ0n) is 15.8.